The van der Waals surface area contributed by atoms with E-state index in [1.165, 1.54) is 18.2 Å². The van der Waals surface area contributed by atoms with Crippen LogP contribution in [0.1, 0.15) is 20.3 Å². The molecule has 1 fully saturated rings. The summed E-state index contributed by atoms with van der Waals surface area (Å²) in [5.41, 5.74) is 0. The van der Waals surface area contributed by atoms with Crippen molar-refractivity contribution < 1.29 is 8.42 Å². The van der Waals surface area contributed by atoms with E-state index >= 15 is 0 Å². The highest BCUT2D eigenvalue weighted by atomic mass is 35.5. The molecule has 0 aliphatic carbocycles. The van der Waals surface area contributed by atoms with E-state index in [9.17, 15) is 8.42 Å². The molecule has 1 heterocycles. The molecular formula is C14H17Cl2N3O2S. The lowest BCUT2D eigenvalue weighted by atomic mass is 10.0. The fourth-order valence-electron chi connectivity index (χ4n) is 2.66. The Hall–Kier alpha value is -1.00. The molecule has 1 aromatic carbocycles. The van der Waals surface area contributed by atoms with E-state index in [0.717, 1.165) is 0 Å². The Morgan fingerprint density at radius 1 is 1.41 bits per heavy atom. The normalized spacial score (nSPS) is 22.1. The number of halogens is 2. The van der Waals surface area contributed by atoms with Crippen LogP contribution in [0.2, 0.25) is 10.0 Å². The van der Waals surface area contributed by atoms with Crippen molar-refractivity contribution in [3.63, 3.8) is 0 Å². The van der Waals surface area contributed by atoms with Crippen molar-refractivity contribution in [3.05, 3.63) is 28.2 Å². The summed E-state index contributed by atoms with van der Waals surface area (Å²) in [6.07, 6.45) is 2.71. The monoisotopic (exact) mass is 361 g/mol. The number of sulfonamides is 1. The van der Waals surface area contributed by atoms with E-state index in [-0.39, 0.29) is 27.9 Å². The fourth-order valence-corrected chi connectivity index (χ4v) is 4.67. The van der Waals surface area contributed by atoms with Crippen LogP contribution in [0.4, 0.5) is 0 Å². The largest absolute Gasteiger partial charge is 0.306 e. The third-order valence-electron chi connectivity index (χ3n) is 3.75. The van der Waals surface area contributed by atoms with E-state index < -0.39 is 10.0 Å². The molecule has 1 aromatic rings. The summed E-state index contributed by atoms with van der Waals surface area (Å²) in [6.45, 7) is 4.39. The lowest BCUT2D eigenvalue weighted by Gasteiger charge is -2.21. The number of likely N-dealkylation sites (tertiary alicyclic amines) is 1. The van der Waals surface area contributed by atoms with Gasteiger partial charge in [0, 0.05) is 23.7 Å². The van der Waals surface area contributed by atoms with Gasteiger partial charge in [0.2, 0.25) is 10.0 Å². The van der Waals surface area contributed by atoms with Gasteiger partial charge in [0.05, 0.1) is 5.02 Å². The number of nitrogens with one attached hydrogen (secondary N) is 1. The maximum Gasteiger partial charge on any atom is 0.242 e. The van der Waals surface area contributed by atoms with Gasteiger partial charge in [-0.1, -0.05) is 37.0 Å². The number of benzene rings is 1. The molecule has 22 heavy (non-hydrogen) atoms. The maximum absolute atomic E-state index is 12.5. The minimum Gasteiger partial charge on any atom is -0.306 e. The topological polar surface area (TPSA) is 73.2 Å². The first-order valence-corrected chi connectivity index (χ1v) is 9.12. The minimum absolute atomic E-state index is 0.0348. The van der Waals surface area contributed by atoms with E-state index in [1.54, 1.807) is 4.90 Å². The third kappa shape index (κ3) is 3.66. The molecule has 0 unspecified atom stereocenters. The number of nitriles is 1. The van der Waals surface area contributed by atoms with Gasteiger partial charge in [0.15, 0.2) is 6.19 Å². The summed E-state index contributed by atoms with van der Waals surface area (Å²) in [4.78, 5) is 1.58. The standard InChI is InChI=1S/C14H17Cl2N3O2S/c1-9(2)13-6-11(7-19(13)8-17)18-22(20,21)14-5-10(15)3-4-12(14)16/h3-5,9,11,13,18H,6-7H2,1-2H3/t11-,13-/m1/s1. The van der Waals surface area contributed by atoms with Crippen LogP contribution in [0.3, 0.4) is 0 Å². The van der Waals surface area contributed by atoms with Crippen molar-refractivity contribution in [1.82, 2.24) is 9.62 Å². The number of hydrogen-bond acceptors (Lipinski definition) is 4. The second kappa shape index (κ2) is 6.63. The molecule has 0 spiro atoms. The van der Waals surface area contributed by atoms with Crippen LogP contribution < -0.4 is 4.72 Å². The molecule has 0 bridgehead atoms. The minimum atomic E-state index is -3.78. The average molecular weight is 362 g/mol. The molecule has 2 atom stereocenters. The van der Waals surface area contributed by atoms with Crippen molar-refractivity contribution in [2.45, 2.75) is 37.2 Å². The molecule has 0 amide bonds. The van der Waals surface area contributed by atoms with Crippen molar-refractivity contribution in [2.24, 2.45) is 5.92 Å². The SMILES string of the molecule is CC(C)[C@H]1C[C@@H](NS(=O)(=O)c2cc(Cl)ccc2Cl)CN1C#N. The van der Waals surface area contributed by atoms with Gasteiger partial charge in [-0.2, -0.15) is 5.26 Å². The van der Waals surface area contributed by atoms with Gasteiger partial charge in [-0.05, 0) is 30.5 Å². The highest BCUT2D eigenvalue weighted by Crippen LogP contribution is 2.28. The van der Waals surface area contributed by atoms with Gasteiger partial charge in [-0.25, -0.2) is 13.1 Å². The highest BCUT2D eigenvalue weighted by Gasteiger charge is 2.36. The quantitative estimate of drug-likeness (QED) is 0.836. The molecule has 0 radical (unpaired) electrons. The summed E-state index contributed by atoms with van der Waals surface area (Å²) in [5, 5.41) is 9.58. The molecule has 2 rings (SSSR count). The van der Waals surface area contributed by atoms with Crippen molar-refractivity contribution in [1.29, 1.82) is 5.26 Å². The van der Waals surface area contributed by atoms with Crippen LogP contribution in [0.5, 0.6) is 0 Å². The first-order valence-electron chi connectivity index (χ1n) is 6.88. The van der Waals surface area contributed by atoms with E-state index in [1.807, 2.05) is 13.8 Å². The van der Waals surface area contributed by atoms with Crippen LogP contribution in [0, 0.1) is 17.4 Å². The molecule has 120 valence electrons. The van der Waals surface area contributed by atoms with Crippen LogP contribution in [-0.2, 0) is 10.0 Å². The Morgan fingerprint density at radius 3 is 2.64 bits per heavy atom. The molecule has 0 saturated carbocycles. The second-order valence-corrected chi connectivity index (χ2v) is 8.22. The van der Waals surface area contributed by atoms with Crippen molar-refractivity contribution >= 4 is 33.2 Å². The predicted octanol–water partition coefficient (Wildman–Crippen LogP) is 2.85. The Morgan fingerprint density at radius 2 is 2.09 bits per heavy atom. The summed E-state index contributed by atoms with van der Waals surface area (Å²) in [5.74, 6) is 0.268. The summed E-state index contributed by atoms with van der Waals surface area (Å²) in [7, 11) is -3.78. The Kier molecular flexibility index (Phi) is 5.23. The highest BCUT2D eigenvalue weighted by molar-refractivity contribution is 7.89. The van der Waals surface area contributed by atoms with Crippen LogP contribution in [-0.4, -0.2) is 31.9 Å². The lowest BCUT2D eigenvalue weighted by Crippen LogP contribution is -2.36. The first-order chi connectivity index (χ1) is 10.2. The molecular weight excluding hydrogens is 345 g/mol. The van der Waals surface area contributed by atoms with Crippen molar-refractivity contribution in [2.75, 3.05) is 6.54 Å². The number of hydrogen-bond donors (Lipinski definition) is 1. The molecule has 1 saturated heterocycles. The zero-order valence-corrected chi connectivity index (χ0v) is 14.6. The van der Waals surface area contributed by atoms with Crippen LogP contribution in [0.15, 0.2) is 23.1 Å². The Bertz CT molecular complexity index is 701. The average Bonchev–Trinajstić information content (AvgIpc) is 2.83. The molecule has 0 aromatic heterocycles. The molecule has 1 N–H and O–H groups in total. The van der Waals surface area contributed by atoms with E-state index in [4.69, 9.17) is 28.5 Å². The first kappa shape index (κ1) is 17.4. The van der Waals surface area contributed by atoms with Crippen molar-refractivity contribution in [3.8, 4) is 6.19 Å². The van der Waals surface area contributed by atoms with Gasteiger partial charge >= 0.3 is 0 Å². The Labute approximate surface area is 140 Å². The summed E-state index contributed by atoms with van der Waals surface area (Å²) < 4.78 is 27.6. The van der Waals surface area contributed by atoms with E-state index in [2.05, 4.69) is 10.9 Å². The third-order valence-corrected chi connectivity index (χ3v) is 5.98. The van der Waals surface area contributed by atoms with E-state index in [0.29, 0.717) is 18.0 Å². The van der Waals surface area contributed by atoms with Gasteiger partial charge in [0.25, 0.3) is 0 Å². The zero-order valence-electron chi connectivity index (χ0n) is 12.3. The number of rotatable bonds is 4. The van der Waals surface area contributed by atoms with Gasteiger partial charge in [-0.3, -0.25) is 0 Å². The fraction of sp³-hybridized carbons (Fsp3) is 0.500. The molecule has 5 nitrogen and oxygen atoms in total. The zero-order chi connectivity index (χ0) is 16.5. The molecule has 1 aliphatic heterocycles. The second-order valence-electron chi connectivity index (χ2n) is 5.69. The Balaban J connectivity index is 2.20. The predicted molar refractivity (Wildman–Crippen MR) is 86.1 cm³/mol. The molecule has 1 aliphatic rings. The lowest BCUT2D eigenvalue weighted by molar-refractivity contribution is 0.291. The maximum atomic E-state index is 12.5. The van der Waals surface area contributed by atoms with Gasteiger partial charge in [0.1, 0.15) is 4.90 Å². The summed E-state index contributed by atoms with van der Waals surface area (Å²) in [6, 6.07) is 4.01. The number of nitrogens with zero attached hydrogens (tertiary/aromatic N) is 2. The van der Waals surface area contributed by atoms with Gasteiger partial charge in [-0.15, -0.1) is 0 Å². The van der Waals surface area contributed by atoms with Crippen LogP contribution in [0.25, 0.3) is 0 Å². The summed E-state index contributed by atoms with van der Waals surface area (Å²) >= 11 is 11.8. The van der Waals surface area contributed by atoms with Crippen LogP contribution >= 0.6 is 23.2 Å². The smallest absolute Gasteiger partial charge is 0.242 e. The molecule has 8 heteroatoms. The van der Waals surface area contributed by atoms with Gasteiger partial charge < -0.3 is 4.90 Å².